The standard InChI is InChI=1S/C12H18BrClN2O2S2/c13-11-9(14)7-10(19-11)20(17,18)16-8-12(15)5-3-1-2-4-6-12/h7,16H,1-6,8,15H2. The van der Waals surface area contributed by atoms with Gasteiger partial charge < -0.3 is 5.73 Å². The van der Waals surface area contributed by atoms with Crippen molar-refractivity contribution in [3.8, 4) is 0 Å². The van der Waals surface area contributed by atoms with Gasteiger partial charge in [-0.3, -0.25) is 0 Å². The predicted molar refractivity (Wildman–Crippen MR) is 86.8 cm³/mol. The van der Waals surface area contributed by atoms with E-state index in [0.29, 0.717) is 8.81 Å². The number of hydrogen-bond acceptors (Lipinski definition) is 4. The first-order valence-electron chi connectivity index (χ1n) is 6.56. The van der Waals surface area contributed by atoms with Crippen molar-refractivity contribution in [3.63, 3.8) is 0 Å². The van der Waals surface area contributed by atoms with Crippen molar-refractivity contribution in [2.24, 2.45) is 5.73 Å². The van der Waals surface area contributed by atoms with Crippen LogP contribution in [0.25, 0.3) is 0 Å². The third-order valence-electron chi connectivity index (χ3n) is 3.60. The smallest absolute Gasteiger partial charge is 0.250 e. The van der Waals surface area contributed by atoms with E-state index in [4.69, 9.17) is 17.3 Å². The highest BCUT2D eigenvalue weighted by molar-refractivity contribution is 9.11. The summed E-state index contributed by atoms with van der Waals surface area (Å²) in [6.07, 6.45) is 6.22. The number of nitrogens with two attached hydrogens (primary N) is 1. The molecule has 0 aliphatic heterocycles. The maximum atomic E-state index is 12.2. The van der Waals surface area contributed by atoms with Crippen molar-refractivity contribution in [2.75, 3.05) is 6.54 Å². The Bertz CT molecular complexity index is 547. The fraction of sp³-hybridized carbons (Fsp3) is 0.667. The van der Waals surface area contributed by atoms with E-state index < -0.39 is 15.6 Å². The summed E-state index contributed by atoms with van der Waals surface area (Å²) in [6.45, 7) is 0.280. The molecule has 2 rings (SSSR count). The molecule has 0 atom stereocenters. The van der Waals surface area contributed by atoms with Gasteiger partial charge in [-0.05, 0) is 34.8 Å². The molecule has 0 unspecified atom stereocenters. The molecule has 8 heteroatoms. The summed E-state index contributed by atoms with van der Waals surface area (Å²) in [6, 6.07) is 1.45. The molecule has 1 aromatic heterocycles. The van der Waals surface area contributed by atoms with Crippen LogP contribution in [0.15, 0.2) is 14.1 Å². The van der Waals surface area contributed by atoms with Crippen LogP contribution in [0.4, 0.5) is 0 Å². The van der Waals surface area contributed by atoms with Crippen molar-refractivity contribution < 1.29 is 8.42 Å². The monoisotopic (exact) mass is 400 g/mol. The first kappa shape index (κ1) is 16.7. The molecule has 1 aliphatic carbocycles. The summed E-state index contributed by atoms with van der Waals surface area (Å²) < 4.78 is 27.9. The molecule has 1 aromatic rings. The van der Waals surface area contributed by atoms with Gasteiger partial charge in [-0.1, -0.05) is 37.3 Å². The Balaban J connectivity index is 2.05. The molecule has 4 nitrogen and oxygen atoms in total. The zero-order valence-electron chi connectivity index (χ0n) is 11.0. The molecule has 0 spiro atoms. The lowest BCUT2D eigenvalue weighted by atomic mass is 9.92. The van der Waals surface area contributed by atoms with E-state index in [2.05, 4.69) is 20.7 Å². The average Bonchev–Trinajstić information content (AvgIpc) is 2.61. The lowest BCUT2D eigenvalue weighted by Crippen LogP contribution is -2.49. The lowest BCUT2D eigenvalue weighted by Gasteiger charge is -2.28. The van der Waals surface area contributed by atoms with Crippen LogP contribution in [0.5, 0.6) is 0 Å². The molecular formula is C12H18BrClN2O2S2. The summed E-state index contributed by atoms with van der Waals surface area (Å²) >= 11 is 10.2. The molecule has 0 amide bonds. The van der Waals surface area contributed by atoms with E-state index in [9.17, 15) is 8.42 Å². The molecule has 1 heterocycles. The van der Waals surface area contributed by atoms with Gasteiger partial charge in [0.1, 0.15) is 4.21 Å². The van der Waals surface area contributed by atoms with E-state index in [1.165, 1.54) is 18.9 Å². The van der Waals surface area contributed by atoms with Crippen LogP contribution in [-0.4, -0.2) is 20.5 Å². The largest absolute Gasteiger partial charge is 0.324 e. The number of thiophene rings is 1. The van der Waals surface area contributed by atoms with E-state index in [1.807, 2.05) is 0 Å². The molecule has 1 fully saturated rings. The molecule has 0 radical (unpaired) electrons. The third kappa shape index (κ3) is 4.18. The van der Waals surface area contributed by atoms with E-state index in [-0.39, 0.29) is 10.8 Å². The minimum atomic E-state index is -3.54. The minimum Gasteiger partial charge on any atom is -0.324 e. The number of sulfonamides is 1. The predicted octanol–water partition coefficient (Wildman–Crippen LogP) is 3.49. The van der Waals surface area contributed by atoms with E-state index in [1.54, 1.807) is 0 Å². The third-order valence-corrected chi connectivity index (χ3v) is 7.95. The lowest BCUT2D eigenvalue weighted by molar-refractivity contribution is 0.369. The van der Waals surface area contributed by atoms with Crippen LogP contribution in [0.2, 0.25) is 5.02 Å². The van der Waals surface area contributed by atoms with Crippen LogP contribution in [-0.2, 0) is 10.0 Å². The summed E-state index contributed by atoms with van der Waals surface area (Å²) in [5, 5.41) is 0.410. The average molecular weight is 402 g/mol. The highest BCUT2D eigenvalue weighted by Gasteiger charge is 2.29. The van der Waals surface area contributed by atoms with Crippen LogP contribution in [0.3, 0.4) is 0 Å². The number of hydrogen-bond donors (Lipinski definition) is 2. The molecule has 0 bridgehead atoms. The summed E-state index contributed by atoms with van der Waals surface area (Å²) in [5.41, 5.74) is 5.89. The van der Waals surface area contributed by atoms with E-state index in [0.717, 1.165) is 37.0 Å². The maximum absolute atomic E-state index is 12.2. The Labute approximate surface area is 137 Å². The second-order valence-corrected chi connectivity index (χ2v) is 10.1. The number of rotatable bonds is 4. The normalized spacial score (nSPS) is 19.8. The topological polar surface area (TPSA) is 72.2 Å². The van der Waals surface area contributed by atoms with Gasteiger partial charge in [-0.25, -0.2) is 13.1 Å². The summed E-state index contributed by atoms with van der Waals surface area (Å²) in [5.74, 6) is 0. The zero-order valence-corrected chi connectivity index (χ0v) is 15.0. The molecule has 20 heavy (non-hydrogen) atoms. The Morgan fingerprint density at radius 1 is 1.35 bits per heavy atom. The van der Waals surface area contributed by atoms with Crippen LogP contribution >= 0.6 is 38.9 Å². The summed E-state index contributed by atoms with van der Waals surface area (Å²) in [4.78, 5) is 0. The maximum Gasteiger partial charge on any atom is 0.250 e. The minimum absolute atomic E-state index is 0.214. The fourth-order valence-corrected chi connectivity index (χ4v) is 5.96. The molecule has 0 aromatic carbocycles. The Kier molecular flexibility index (Phi) is 5.53. The Morgan fingerprint density at radius 3 is 2.45 bits per heavy atom. The Morgan fingerprint density at radius 2 is 1.95 bits per heavy atom. The molecular weight excluding hydrogens is 384 g/mol. The second kappa shape index (κ2) is 6.62. The van der Waals surface area contributed by atoms with Crippen molar-refractivity contribution >= 4 is 48.9 Å². The van der Waals surface area contributed by atoms with Gasteiger partial charge in [0.2, 0.25) is 10.0 Å². The first-order chi connectivity index (χ1) is 9.32. The van der Waals surface area contributed by atoms with Gasteiger partial charge in [-0.15, -0.1) is 11.3 Å². The van der Waals surface area contributed by atoms with Crippen molar-refractivity contribution in [1.29, 1.82) is 0 Å². The van der Waals surface area contributed by atoms with Crippen molar-refractivity contribution in [2.45, 2.75) is 48.3 Å². The Hall–Kier alpha value is 0.340. The first-order valence-corrected chi connectivity index (χ1v) is 10.0. The van der Waals surface area contributed by atoms with Crippen LogP contribution < -0.4 is 10.5 Å². The molecule has 0 saturated heterocycles. The summed E-state index contributed by atoms with van der Waals surface area (Å²) in [7, 11) is -3.54. The van der Waals surface area contributed by atoms with Crippen LogP contribution in [0, 0.1) is 0 Å². The zero-order chi connectivity index (χ0) is 14.8. The van der Waals surface area contributed by atoms with E-state index >= 15 is 0 Å². The van der Waals surface area contributed by atoms with Crippen LogP contribution in [0.1, 0.15) is 38.5 Å². The quantitative estimate of drug-likeness (QED) is 0.758. The molecule has 3 N–H and O–H groups in total. The van der Waals surface area contributed by atoms with Gasteiger partial charge in [-0.2, -0.15) is 0 Å². The number of nitrogens with one attached hydrogen (secondary N) is 1. The van der Waals surface area contributed by atoms with Crippen molar-refractivity contribution in [3.05, 3.63) is 14.9 Å². The molecule has 1 saturated carbocycles. The second-order valence-electron chi connectivity index (χ2n) is 5.29. The molecule has 1 aliphatic rings. The fourth-order valence-electron chi connectivity index (χ4n) is 2.38. The SMILES string of the molecule is NC1(CNS(=O)(=O)c2cc(Cl)c(Br)s2)CCCCCC1. The van der Waals surface area contributed by atoms with Gasteiger partial charge in [0.25, 0.3) is 0 Å². The van der Waals surface area contributed by atoms with Gasteiger partial charge in [0, 0.05) is 12.1 Å². The van der Waals surface area contributed by atoms with Gasteiger partial charge in [0.15, 0.2) is 0 Å². The van der Waals surface area contributed by atoms with Gasteiger partial charge in [0.05, 0.1) is 8.81 Å². The number of halogens is 2. The van der Waals surface area contributed by atoms with Crippen molar-refractivity contribution in [1.82, 2.24) is 4.72 Å². The highest BCUT2D eigenvalue weighted by Crippen LogP contribution is 2.34. The highest BCUT2D eigenvalue weighted by atomic mass is 79.9. The van der Waals surface area contributed by atoms with Gasteiger partial charge >= 0.3 is 0 Å². The molecule has 114 valence electrons.